The van der Waals surface area contributed by atoms with Gasteiger partial charge in [-0.15, -0.1) is 0 Å². The van der Waals surface area contributed by atoms with E-state index >= 15 is 0 Å². The summed E-state index contributed by atoms with van der Waals surface area (Å²) >= 11 is 0. The van der Waals surface area contributed by atoms with Gasteiger partial charge < -0.3 is 4.90 Å². The van der Waals surface area contributed by atoms with Gasteiger partial charge in [0.2, 0.25) is 0 Å². The van der Waals surface area contributed by atoms with Crippen LogP contribution in [0.2, 0.25) is 0 Å². The van der Waals surface area contributed by atoms with E-state index in [1.54, 1.807) is 36.5 Å². The van der Waals surface area contributed by atoms with Crippen LogP contribution in [0.15, 0.2) is 48.0 Å². The molecular formula is C21H28N4O2S. The molecule has 1 aliphatic rings. The van der Waals surface area contributed by atoms with E-state index in [1.165, 1.54) is 6.42 Å². The van der Waals surface area contributed by atoms with Crippen LogP contribution < -0.4 is 9.62 Å². The van der Waals surface area contributed by atoms with Gasteiger partial charge in [0.1, 0.15) is 5.82 Å². The summed E-state index contributed by atoms with van der Waals surface area (Å²) in [4.78, 5) is 9.44. The molecule has 6 nitrogen and oxygen atoms in total. The topological polar surface area (TPSA) is 65.5 Å². The van der Waals surface area contributed by atoms with Gasteiger partial charge in [0.15, 0.2) is 0 Å². The lowest BCUT2D eigenvalue weighted by Crippen LogP contribution is -2.46. The van der Waals surface area contributed by atoms with Crippen LogP contribution in [-0.2, 0) is 10.0 Å². The van der Waals surface area contributed by atoms with Crippen molar-refractivity contribution >= 4 is 27.6 Å². The van der Waals surface area contributed by atoms with Crippen LogP contribution in [0, 0.1) is 6.92 Å². The van der Waals surface area contributed by atoms with Crippen molar-refractivity contribution in [2.45, 2.75) is 25.2 Å². The number of nitrogens with one attached hydrogen (secondary N) is 1. The van der Waals surface area contributed by atoms with E-state index in [4.69, 9.17) is 0 Å². The molecule has 7 heteroatoms. The predicted octanol–water partition coefficient (Wildman–Crippen LogP) is 3.37. The van der Waals surface area contributed by atoms with Gasteiger partial charge in [0.25, 0.3) is 10.0 Å². The van der Waals surface area contributed by atoms with Crippen LogP contribution in [0.5, 0.6) is 0 Å². The Morgan fingerprint density at radius 2 is 1.86 bits per heavy atom. The highest BCUT2D eigenvalue weighted by Crippen LogP contribution is 2.23. The van der Waals surface area contributed by atoms with Crippen LogP contribution in [0.1, 0.15) is 24.5 Å². The molecule has 1 N–H and O–H groups in total. The van der Waals surface area contributed by atoms with Crippen LogP contribution >= 0.6 is 0 Å². The van der Waals surface area contributed by atoms with Crippen LogP contribution in [0.3, 0.4) is 0 Å². The molecule has 2 heterocycles. The highest BCUT2D eigenvalue weighted by molar-refractivity contribution is 7.92. The SMILES string of the molecule is C=Cc1ccc(S(=O)(=O)Nc2cnc(N3CCN(CCC)CC3)cc2C)cc1. The van der Waals surface area contributed by atoms with Crippen LogP contribution in [-0.4, -0.2) is 51.0 Å². The van der Waals surface area contributed by atoms with Crippen molar-refractivity contribution in [2.75, 3.05) is 42.3 Å². The highest BCUT2D eigenvalue weighted by Gasteiger charge is 2.19. The number of rotatable bonds is 7. The molecule has 1 aromatic carbocycles. The molecule has 150 valence electrons. The molecule has 0 unspecified atom stereocenters. The van der Waals surface area contributed by atoms with Crippen molar-refractivity contribution in [2.24, 2.45) is 0 Å². The molecule has 1 aromatic heterocycles. The minimum atomic E-state index is -3.66. The Balaban J connectivity index is 1.71. The molecule has 2 aromatic rings. The fraction of sp³-hybridized carbons (Fsp3) is 0.381. The fourth-order valence-corrected chi connectivity index (χ4v) is 4.44. The smallest absolute Gasteiger partial charge is 0.261 e. The van der Waals surface area contributed by atoms with Gasteiger partial charge in [-0.2, -0.15) is 0 Å². The summed E-state index contributed by atoms with van der Waals surface area (Å²) in [6, 6.07) is 8.56. The van der Waals surface area contributed by atoms with Crippen LogP contribution in [0.4, 0.5) is 11.5 Å². The second-order valence-corrected chi connectivity index (χ2v) is 8.75. The Kier molecular flexibility index (Phi) is 6.36. The average molecular weight is 401 g/mol. The van der Waals surface area contributed by atoms with E-state index in [1.807, 2.05) is 13.0 Å². The summed E-state index contributed by atoms with van der Waals surface area (Å²) in [7, 11) is -3.66. The molecule has 3 rings (SSSR count). The molecule has 1 aliphatic heterocycles. The number of anilines is 2. The molecule has 0 amide bonds. The first-order chi connectivity index (χ1) is 13.4. The molecule has 28 heavy (non-hydrogen) atoms. The Bertz CT molecular complexity index is 918. The van der Waals surface area contributed by atoms with E-state index in [-0.39, 0.29) is 4.90 Å². The average Bonchev–Trinajstić information content (AvgIpc) is 2.70. The monoisotopic (exact) mass is 400 g/mol. The first-order valence-corrected chi connectivity index (χ1v) is 11.1. The summed E-state index contributed by atoms with van der Waals surface area (Å²) in [5.74, 6) is 0.895. The normalized spacial score (nSPS) is 15.4. The Labute approximate surface area is 167 Å². The number of piperazine rings is 1. The second kappa shape index (κ2) is 8.75. The molecule has 0 spiro atoms. The van der Waals surface area contributed by atoms with Gasteiger partial charge in [0, 0.05) is 26.2 Å². The third-order valence-electron chi connectivity index (χ3n) is 5.00. The van der Waals surface area contributed by atoms with Gasteiger partial charge in [-0.1, -0.05) is 31.7 Å². The summed E-state index contributed by atoms with van der Waals surface area (Å²) in [6.45, 7) is 12.9. The molecule has 1 saturated heterocycles. The van der Waals surface area contributed by atoms with Crippen LogP contribution in [0.25, 0.3) is 6.08 Å². The van der Waals surface area contributed by atoms with E-state index < -0.39 is 10.0 Å². The van der Waals surface area contributed by atoms with Gasteiger partial charge in [0.05, 0.1) is 16.8 Å². The Hall–Kier alpha value is -2.38. The number of nitrogens with zero attached hydrogens (tertiary/aromatic N) is 3. The lowest BCUT2D eigenvalue weighted by Gasteiger charge is -2.35. The number of aromatic nitrogens is 1. The van der Waals surface area contributed by atoms with Crippen molar-refractivity contribution in [3.05, 3.63) is 54.2 Å². The Morgan fingerprint density at radius 3 is 2.43 bits per heavy atom. The van der Waals surface area contributed by atoms with Gasteiger partial charge >= 0.3 is 0 Å². The van der Waals surface area contributed by atoms with Gasteiger partial charge in [-0.3, -0.25) is 9.62 Å². The first kappa shape index (κ1) is 20.4. The van der Waals surface area contributed by atoms with E-state index in [2.05, 4.69) is 33.0 Å². The van der Waals surface area contributed by atoms with Crippen molar-refractivity contribution in [3.8, 4) is 0 Å². The van der Waals surface area contributed by atoms with Crippen molar-refractivity contribution in [1.29, 1.82) is 0 Å². The molecule has 0 saturated carbocycles. The summed E-state index contributed by atoms with van der Waals surface area (Å²) < 4.78 is 28.0. The minimum absolute atomic E-state index is 0.216. The van der Waals surface area contributed by atoms with Gasteiger partial charge in [-0.25, -0.2) is 13.4 Å². The van der Waals surface area contributed by atoms with Crippen molar-refractivity contribution in [3.63, 3.8) is 0 Å². The summed E-state index contributed by atoms with van der Waals surface area (Å²) in [6.07, 6.45) is 4.46. The molecule has 0 radical (unpaired) electrons. The molecule has 0 atom stereocenters. The zero-order valence-electron chi connectivity index (χ0n) is 16.6. The molecule has 0 bridgehead atoms. The third-order valence-corrected chi connectivity index (χ3v) is 6.38. The minimum Gasteiger partial charge on any atom is -0.354 e. The first-order valence-electron chi connectivity index (χ1n) is 9.62. The maximum atomic E-state index is 12.7. The summed E-state index contributed by atoms with van der Waals surface area (Å²) in [5.41, 5.74) is 2.23. The van der Waals surface area contributed by atoms with E-state index in [0.29, 0.717) is 5.69 Å². The van der Waals surface area contributed by atoms with E-state index in [9.17, 15) is 8.42 Å². The maximum absolute atomic E-state index is 12.7. The Morgan fingerprint density at radius 1 is 1.18 bits per heavy atom. The number of sulfonamides is 1. The predicted molar refractivity (Wildman–Crippen MR) is 115 cm³/mol. The van der Waals surface area contributed by atoms with Crippen molar-refractivity contribution in [1.82, 2.24) is 9.88 Å². The quantitative estimate of drug-likeness (QED) is 0.772. The molecule has 0 aliphatic carbocycles. The lowest BCUT2D eigenvalue weighted by molar-refractivity contribution is 0.258. The fourth-order valence-electron chi connectivity index (χ4n) is 3.32. The molecule has 1 fully saturated rings. The zero-order valence-corrected chi connectivity index (χ0v) is 17.4. The number of benzene rings is 1. The standard InChI is InChI=1S/C21H28N4O2S/c1-4-10-24-11-13-25(14-12-24)21-15-17(3)20(16-22-21)23-28(26,27)19-8-6-18(5-2)7-9-19/h5-9,15-16,23H,2,4,10-14H2,1,3H3. The highest BCUT2D eigenvalue weighted by atomic mass is 32.2. The van der Waals surface area contributed by atoms with Gasteiger partial charge in [-0.05, 0) is 49.2 Å². The molecular weight excluding hydrogens is 372 g/mol. The number of hydrogen-bond donors (Lipinski definition) is 1. The number of pyridine rings is 1. The lowest BCUT2D eigenvalue weighted by atomic mass is 10.2. The third kappa shape index (κ3) is 4.72. The van der Waals surface area contributed by atoms with Crippen molar-refractivity contribution < 1.29 is 8.42 Å². The zero-order chi connectivity index (χ0) is 20.1. The number of aryl methyl sites for hydroxylation is 1. The summed E-state index contributed by atoms with van der Waals surface area (Å²) in [5, 5.41) is 0. The number of hydrogen-bond acceptors (Lipinski definition) is 5. The van der Waals surface area contributed by atoms with E-state index in [0.717, 1.165) is 49.7 Å². The largest absolute Gasteiger partial charge is 0.354 e. The maximum Gasteiger partial charge on any atom is 0.261 e. The second-order valence-electron chi connectivity index (χ2n) is 7.06.